The summed E-state index contributed by atoms with van der Waals surface area (Å²) in [6.45, 7) is 3.77. The number of anilines is 1. The lowest BCUT2D eigenvalue weighted by Gasteiger charge is -2.37. The van der Waals surface area contributed by atoms with Crippen LogP contribution in [0.5, 0.6) is 0 Å². The summed E-state index contributed by atoms with van der Waals surface area (Å²) in [4.78, 5) is 20.5. The number of piperazine rings is 1. The molecule has 0 aliphatic carbocycles. The van der Waals surface area contributed by atoms with E-state index in [0.29, 0.717) is 11.9 Å². The molecule has 3 heterocycles. The van der Waals surface area contributed by atoms with Gasteiger partial charge in [0.25, 0.3) is 0 Å². The highest BCUT2D eigenvalue weighted by Gasteiger charge is 2.35. The van der Waals surface area contributed by atoms with Gasteiger partial charge < -0.3 is 10.2 Å². The second-order valence-electron chi connectivity index (χ2n) is 5.32. The van der Waals surface area contributed by atoms with Crippen molar-refractivity contribution in [3.8, 4) is 0 Å². The number of nitrogens with zero attached hydrogens (tertiary/aromatic N) is 3. The van der Waals surface area contributed by atoms with Crippen molar-refractivity contribution in [2.24, 2.45) is 0 Å². The van der Waals surface area contributed by atoms with Crippen molar-refractivity contribution in [2.75, 3.05) is 32.0 Å². The van der Waals surface area contributed by atoms with Gasteiger partial charge >= 0.3 is 0 Å². The summed E-state index contributed by atoms with van der Waals surface area (Å²) in [6, 6.07) is 4.56. The molecule has 0 radical (unpaired) electrons. The molecule has 2 saturated heterocycles. The number of amides is 1. The van der Waals surface area contributed by atoms with Gasteiger partial charge in [0.1, 0.15) is 5.82 Å². The summed E-state index contributed by atoms with van der Waals surface area (Å²) in [7, 11) is 1.87. The Labute approximate surface area is 113 Å². The van der Waals surface area contributed by atoms with E-state index in [1.54, 1.807) is 0 Å². The zero-order chi connectivity index (χ0) is 13.2. The van der Waals surface area contributed by atoms with E-state index in [0.717, 1.165) is 44.8 Å². The third kappa shape index (κ3) is 2.56. The fraction of sp³-hybridized carbons (Fsp3) is 0.571. The van der Waals surface area contributed by atoms with E-state index in [1.165, 1.54) is 5.56 Å². The minimum atomic E-state index is 0.338. The Morgan fingerprint density at radius 3 is 3.05 bits per heavy atom. The fourth-order valence-electron chi connectivity index (χ4n) is 3.00. The number of aromatic nitrogens is 1. The second kappa shape index (κ2) is 5.17. The van der Waals surface area contributed by atoms with Crippen LogP contribution in [0.4, 0.5) is 5.82 Å². The van der Waals surface area contributed by atoms with Gasteiger partial charge in [0.15, 0.2) is 0 Å². The quantitative estimate of drug-likeness (QED) is 0.878. The molecule has 1 atom stereocenters. The van der Waals surface area contributed by atoms with Gasteiger partial charge in [-0.3, -0.25) is 9.69 Å². The van der Waals surface area contributed by atoms with E-state index in [4.69, 9.17) is 0 Å². The van der Waals surface area contributed by atoms with Crippen LogP contribution < -0.4 is 5.32 Å². The summed E-state index contributed by atoms with van der Waals surface area (Å²) in [5.74, 6) is 1.24. The van der Waals surface area contributed by atoms with Gasteiger partial charge in [-0.25, -0.2) is 4.98 Å². The lowest BCUT2D eigenvalue weighted by atomic mass is 10.1. The maximum Gasteiger partial charge on any atom is 0.222 e. The molecule has 19 heavy (non-hydrogen) atoms. The topological polar surface area (TPSA) is 48.5 Å². The van der Waals surface area contributed by atoms with Gasteiger partial charge in [0.05, 0.1) is 0 Å². The minimum absolute atomic E-state index is 0.338. The second-order valence-corrected chi connectivity index (χ2v) is 5.32. The number of fused-ring (bicyclic) bond motifs is 1. The lowest BCUT2D eigenvalue weighted by molar-refractivity contribution is -0.130. The molecule has 1 aromatic rings. The monoisotopic (exact) mass is 260 g/mol. The molecule has 0 saturated carbocycles. The maximum absolute atomic E-state index is 11.6. The summed E-state index contributed by atoms with van der Waals surface area (Å²) < 4.78 is 0. The summed E-state index contributed by atoms with van der Waals surface area (Å²) in [5.41, 5.74) is 1.23. The van der Waals surface area contributed by atoms with Gasteiger partial charge in [0, 0.05) is 51.9 Å². The molecule has 1 N–H and O–H groups in total. The Morgan fingerprint density at radius 1 is 1.42 bits per heavy atom. The van der Waals surface area contributed by atoms with Crippen LogP contribution in [-0.4, -0.2) is 53.4 Å². The summed E-state index contributed by atoms with van der Waals surface area (Å²) >= 11 is 0. The molecular weight excluding hydrogens is 240 g/mol. The predicted molar refractivity (Wildman–Crippen MR) is 73.8 cm³/mol. The van der Waals surface area contributed by atoms with Crippen LogP contribution in [0.1, 0.15) is 18.4 Å². The number of hydrogen-bond donors (Lipinski definition) is 1. The first-order chi connectivity index (χ1) is 9.26. The van der Waals surface area contributed by atoms with E-state index in [9.17, 15) is 4.79 Å². The fourth-order valence-corrected chi connectivity index (χ4v) is 3.00. The normalized spacial score (nSPS) is 23.5. The molecule has 2 fully saturated rings. The molecule has 0 bridgehead atoms. The molecule has 0 spiro atoms. The zero-order valence-corrected chi connectivity index (χ0v) is 11.3. The van der Waals surface area contributed by atoms with E-state index in [2.05, 4.69) is 26.2 Å². The van der Waals surface area contributed by atoms with Gasteiger partial charge in [-0.05, 0) is 18.1 Å². The summed E-state index contributed by atoms with van der Waals surface area (Å²) in [5, 5.41) is 3.02. The number of hydrogen-bond acceptors (Lipinski definition) is 4. The Balaban J connectivity index is 1.60. The van der Waals surface area contributed by atoms with Crippen molar-refractivity contribution in [3.63, 3.8) is 0 Å². The molecule has 3 rings (SSSR count). The minimum Gasteiger partial charge on any atom is -0.373 e. The Bertz CT molecular complexity index is 459. The molecule has 2 aliphatic rings. The molecule has 1 unspecified atom stereocenters. The molecule has 5 nitrogen and oxygen atoms in total. The highest BCUT2D eigenvalue weighted by atomic mass is 16.2. The van der Waals surface area contributed by atoms with Crippen LogP contribution in [0, 0.1) is 0 Å². The third-order valence-electron chi connectivity index (χ3n) is 4.07. The molecule has 2 aliphatic heterocycles. The molecule has 102 valence electrons. The average molecular weight is 260 g/mol. The smallest absolute Gasteiger partial charge is 0.222 e. The molecule has 1 aromatic heterocycles. The van der Waals surface area contributed by atoms with Crippen molar-refractivity contribution >= 4 is 11.7 Å². The molecule has 0 aromatic carbocycles. The molecular formula is C14H20N4O. The predicted octanol–water partition coefficient (Wildman–Crippen LogP) is 0.930. The first-order valence-corrected chi connectivity index (χ1v) is 6.91. The van der Waals surface area contributed by atoms with Crippen LogP contribution in [0.15, 0.2) is 18.3 Å². The van der Waals surface area contributed by atoms with E-state index in [1.807, 2.05) is 19.3 Å². The van der Waals surface area contributed by atoms with Crippen LogP contribution >= 0.6 is 0 Å². The van der Waals surface area contributed by atoms with Crippen LogP contribution in [0.3, 0.4) is 0 Å². The summed E-state index contributed by atoms with van der Waals surface area (Å²) in [6.07, 6.45) is 3.68. The first-order valence-electron chi connectivity index (χ1n) is 6.91. The van der Waals surface area contributed by atoms with Gasteiger partial charge in [0.2, 0.25) is 5.91 Å². The number of nitrogens with one attached hydrogen (secondary N) is 1. The molecule has 1 amide bonds. The van der Waals surface area contributed by atoms with Crippen molar-refractivity contribution in [1.29, 1.82) is 0 Å². The van der Waals surface area contributed by atoms with Crippen LogP contribution in [-0.2, 0) is 11.3 Å². The number of pyridine rings is 1. The Morgan fingerprint density at radius 2 is 2.32 bits per heavy atom. The standard InChI is InChI=1S/C14H20N4O/c1-15-13-4-2-11(8-16-13)9-17-6-7-18-12(10-17)3-5-14(18)19/h2,4,8,12H,3,5-7,9-10H2,1H3,(H,15,16). The highest BCUT2D eigenvalue weighted by Crippen LogP contribution is 2.23. The number of carbonyl (C=O) groups is 1. The van der Waals surface area contributed by atoms with Crippen molar-refractivity contribution in [2.45, 2.75) is 25.4 Å². The highest BCUT2D eigenvalue weighted by molar-refractivity contribution is 5.78. The Kier molecular flexibility index (Phi) is 3.38. The van der Waals surface area contributed by atoms with Crippen molar-refractivity contribution < 1.29 is 4.79 Å². The third-order valence-corrected chi connectivity index (χ3v) is 4.07. The number of carbonyl (C=O) groups excluding carboxylic acids is 1. The first kappa shape index (κ1) is 12.4. The van der Waals surface area contributed by atoms with E-state index < -0.39 is 0 Å². The van der Waals surface area contributed by atoms with Crippen LogP contribution in [0.2, 0.25) is 0 Å². The number of rotatable bonds is 3. The largest absolute Gasteiger partial charge is 0.373 e. The Hall–Kier alpha value is -1.62. The van der Waals surface area contributed by atoms with Crippen molar-refractivity contribution in [3.05, 3.63) is 23.9 Å². The lowest BCUT2D eigenvalue weighted by Crippen LogP contribution is -2.50. The zero-order valence-electron chi connectivity index (χ0n) is 11.3. The SMILES string of the molecule is CNc1ccc(CN2CCN3C(=O)CCC3C2)cn1. The molecule has 5 heteroatoms. The maximum atomic E-state index is 11.6. The van der Waals surface area contributed by atoms with Crippen molar-refractivity contribution in [1.82, 2.24) is 14.8 Å². The van der Waals surface area contributed by atoms with E-state index >= 15 is 0 Å². The van der Waals surface area contributed by atoms with E-state index in [-0.39, 0.29) is 0 Å². The van der Waals surface area contributed by atoms with Gasteiger partial charge in [-0.2, -0.15) is 0 Å². The average Bonchev–Trinajstić information content (AvgIpc) is 2.81. The van der Waals surface area contributed by atoms with Crippen LogP contribution in [0.25, 0.3) is 0 Å². The van der Waals surface area contributed by atoms with Gasteiger partial charge in [-0.15, -0.1) is 0 Å². The van der Waals surface area contributed by atoms with Gasteiger partial charge in [-0.1, -0.05) is 6.07 Å².